The van der Waals surface area contributed by atoms with Gasteiger partial charge in [0.15, 0.2) is 10.9 Å². The van der Waals surface area contributed by atoms with Gasteiger partial charge in [0.25, 0.3) is 5.78 Å². The first-order chi connectivity index (χ1) is 10.5. The second-order valence-electron chi connectivity index (χ2n) is 5.23. The molecule has 0 saturated carbocycles. The van der Waals surface area contributed by atoms with Crippen LogP contribution in [0, 0.1) is 20.8 Å². The fourth-order valence-electron chi connectivity index (χ4n) is 2.25. The molecule has 0 unspecified atom stereocenters. The molecule has 0 aliphatic rings. The van der Waals surface area contributed by atoms with Crippen LogP contribution in [0.3, 0.4) is 0 Å². The third-order valence-corrected chi connectivity index (χ3v) is 4.30. The summed E-state index contributed by atoms with van der Waals surface area (Å²) in [5.41, 5.74) is 3.78. The summed E-state index contributed by atoms with van der Waals surface area (Å²) in [6.45, 7) is 5.91. The van der Waals surface area contributed by atoms with E-state index in [2.05, 4.69) is 15.2 Å². The molecule has 2 heterocycles. The molecule has 3 rings (SSSR count). The highest BCUT2D eigenvalue weighted by molar-refractivity contribution is 7.99. The van der Waals surface area contributed by atoms with Crippen molar-refractivity contribution in [1.82, 2.24) is 19.6 Å². The first-order valence-corrected chi connectivity index (χ1v) is 7.95. The van der Waals surface area contributed by atoms with Crippen LogP contribution in [0.15, 0.2) is 35.5 Å². The number of nitrogens with zero attached hydrogens (tertiary/aromatic N) is 4. The van der Waals surface area contributed by atoms with Crippen molar-refractivity contribution in [1.29, 1.82) is 0 Å². The molecule has 22 heavy (non-hydrogen) atoms. The third kappa shape index (κ3) is 2.87. The van der Waals surface area contributed by atoms with Crippen LogP contribution in [0.25, 0.3) is 5.78 Å². The van der Waals surface area contributed by atoms with Crippen LogP contribution >= 0.6 is 11.8 Å². The Hall–Kier alpha value is -2.21. The van der Waals surface area contributed by atoms with Gasteiger partial charge >= 0.3 is 0 Å². The fraction of sp³-hybridized carbons (Fsp3) is 0.250. The highest BCUT2D eigenvalue weighted by Crippen LogP contribution is 2.20. The van der Waals surface area contributed by atoms with Crippen LogP contribution in [0.1, 0.15) is 27.3 Å². The normalized spacial score (nSPS) is 11.0. The van der Waals surface area contributed by atoms with E-state index < -0.39 is 0 Å². The zero-order valence-corrected chi connectivity index (χ0v) is 13.5. The van der Waals surface area contributed by atoms with Gasteiger partial charge in [-0.3, -0.25) is 9.20 Å². The second-order valence-corrected chi connectivity index (χ2v) is 6.18. The monoisotopic (exact) mass is 312 g/mol. The van der Waals surface area contributed by atoms with Crippen molar-refractivity contribution in [2.24, 2.45) is 0 Å². The van der Waals surface area contributed by atoms with Gasteiger partial charge in [-0.1, -0.05) is 41.6 Å². The maximum Gasteiger partial charge on any atom is 0.256 e. The zero-order chi connectivity index (χ0) is 15.7. The van der Waals surface area contributed by atoms with Crippen molar-refractivity contribution < 1.29 is 4.79 Å². The Morgan fingerprint density at radius 3 is 2.59 bits per heavy atom. The third-order valence-electron chi connectivity index (χ3n) is 3.37. The average Bonchev–Trinajstić information content (AvgIpc) is 2.88. The highest BCUT2D eigenvalue weighted by atomic mass is 32.2. The van der Waals surface area contributed by atoms with E-state index in [1.807, 2.05) is 55.5 Å². The van der Waals surface area contributed by atoms with Gasteiger partial charge in [-0.2, -0.15) is 0 Å². The maximum absolute atomic E-state index is 12.2. The smallest absolute Gasteiger partial charge is 0.256 e. The van der Waals surface area contributed by atoms with E-state index in [1.54, 1.807) is 0 Å². The van der Waals surface area contributed by atoms with Crippen LogP contribution < -0.4 is 0 Å². The Balaban J connectivity index is 1.79. The van der Waals surface area contributed by atoms with E-state index in [0.29, 0.717) is 16.7 Å². The molecule has 112 valence electrons. The minimum absolute atomic E-state index is 0.0828. The van der Waals surface area contributed by atoms with Crippen molar-refractivity contribution in [2.45, 2.75) is 25.9 Å². The van der Waals surface area contributed by atoms with Crippen molar-refractivity contribution >= 4 is 23.3 Å². The lowest BCUT2D eigenvalue weighted by Crippen LogP contribution is -2.04. The summed E-state index contributed by atoms with van der Waals surface area (Å²) in [5, 5.41) is 8.91. The van der Waals surface area contributed by atoms with Gasteiger partial charge < -0.3 is 0 Å². The number of hydrogen-bond acceptors (Lipinski definition) is 5. The number of fused-ring (bicyclic) bond motifs is 1. The van der Waals surface area contributed by atoms with E-state index in [1.165, 1.54) is 11.8 Å². The summed E-state index contributed by atoms with van der Waals surface area (Å²) in [7, 11) is 0. The topological polar surface area (TPSA) is 60.2 Å². The molecule has 0 saturated heterocycles. The van der Waals surface area contributed by atoms with E-state index in [-0.39, 0.29) is 5.78 Å². The molecule has 3 aromatic rings. The highest BCUT2D eigenvalue weighted by Gasteiger charge is 2.13. The Kier molecular flexibility index (Phi) is 3.94. The summed E-state index contributed by atoms with van der Waals surface area (Å²) in [4.78, 5) is 16.6. The molecular formula is C16H16N4OS. The van der Waals surface area contributed by atoms with Gasteiger partial charge in [-0.05, 0) is 26.8 Å². The lowest BCUT2D eigenvalue weighted by atomic mass is 10.1. The van der Waals surface area contributed by atoms with Gasteiger partial charge in [0.1, 0.15) is 0 Å². The minimum Gasteiger partial charge on any atom is -0.293 e. The molecule has 0 bridgehead atoms. The van der Waals surface area contributed by atoms with Crippen LogP contribution in [-0.2, 0) is 0 Å². The van der Waals surface area contributed by atoms with Crippen molar-refractivity contribution in [3.05, 3.63) is 52.8 Å². The second kappa shape index (κ2) is 5.88. The quantitative estimate of drug-likeness (QED) is 0.547. The van der Waals surface area contributed by atoms with Crippen LogP contribution in [-0.4, -0.2) is 31.1 Å². The van der Waals surface area contributed by atoms with Gasteiger partial charge in [-0.15, -0.1) is 10.2 Å². The summed E-state index contributed by atoms with van der Waals surface area (Å²) in [6.07, 6.45) is 0. The number of aromatic nitrogens is 4. The minimum atomic E-state index is 0.0828. The number of aryl methyl sites for hydroxylation is 3. The molecule has 0 radical (unpaired) electrons. The number of thioether (sulfide) groups is 1. The van der Waals surface area contributed by atoms with E-state index in [0.717, 1.165) is 22.5 Å². The molecule has 2 aromatic heterocycles. The molecule has 5 nitrogen and oxygen atoms in total. The predicted molar refractivity (Wildman–Crippen MR) is 86.5 cm³/mol. The van der Waals surface area contributed by atoms with Crippen LogP contribution in [0.4, 0.5) is 0 Å². The van der Waals surface area contributed by atoms with Crippen molar-refractivity contribution in [3.63, 3.8) is 0 Å². The molecular weight excluding hydrogens is 296 g/mol. The van der Waals surface area contributed by atoms with E-state index in [9.17, 15) is 4.79 Å². The predicted octanol–water partition coefficient (Wildman–Crippen LogP) is 3.02. The Morgan fingerprint density at radius 1 is 1.14 bits per heavy atom. The maximum atomic E-state index is 12.2. The number of carbonyl (C=O) groups excluding carboxylic acids is 1. The molecule has 0 amide bonds. The number of benzene rings is 1. The number of Topliss-reactive ketones (excluding diaryl/α,β-unsaturated/α-hetero) is 1. The van der Waals surface area contributed by atoms with E-state index >= 15 is 0 Å². The Labute approximate surface area is 132 Å². The van der Waals surface area contributed by atoms with Gasteiger partial charge in [0.05, 0.1) is 5.75 Å². The van der Waals surface area contributed by atoms with Crippen molar-refractivity contribution in [2.75, 3.05) is 5.75 Å². The van der Waals surface area contributed by atoms with E-state index in [4.69, 9.17) is 0 Å². The largest absolute Gasteiger partial charge is 0.293 e. The molecule has 0 aliphatic heterocycles. The standard InChI is InChI=1S/C16H16N4OS/c1-10-4-6-13(7-5-10)14(21)9-22-16-19-18-15-17-11(2)8-12(3)20(15)16/h4-8H,9H2,1-3H3. The van der Waals surface area contributed by atoms with Gasteiger partial charge in [0.2, 0.25) is 0 Å². The molecule has 0 aliphatic carbocycles. The molecule has 0 atom stereocenters. The number of carbonyl (C=O) groups is 1. The van der Waals surface area contributed by atoms with Gasteiger partial charge in [-0.25, -0.2) is 4.98 Å². The number of ketones is 1. The zero-order valence-electron chi connectivity index (χ0n) is 12.7. The first kappa shape index (κ1) is 14.7. The first-order valence-electron chi connectivity index (χ1n) is 6.96. The summed E-state index contributed by atoms with van der Waals surface area (Å²) >= 11 is 1.38. The lowest BCUT2D eigenvalue weighted by Gasteiger charge is -2.04. The molecule has 0 fully saturated rings. The SMILES string of the molecule is Cc1ccc(C(=O)CSc2nnc3nc(C)cc(C)n23)cc1. The molecule has 0 N–H and O–H groups in total. The molecule has 1 aromatic carbocycles. The Morgan fingerprint density at radius 2 is 1.86 bits per heavy atom. The van der Waals surface area contributed by atoms with Gasteiger partial charge in [0, 0.05) is 17.0 Å². The van der Waals surface area contributed by atoms with Crippen molar-refractivity contribution in [3.8, 4) is 0 Å². The van der Waals surface area contributed by atoms with Crippen LogP contribution in [0.5, 0.6) is 0 Å². The fourth-order valence-corrected chi connectivity index (χ4v) is 3.13. The number of rotatable bonds is 4. The number of hydrogen-bond donors (Lipinski definition) is 0. The summed E-state index contributed by atoms with van der Waals surface area (Å²) in [6, 6.07) is 9.58. The molecule has 6 heteroatoms. The molecule has 0 spiro atoms. The average molecular weight is 312 g/mol. The van der Waals surface area contributed by atoms with Crippen LogP contribution in [0.2, 0.25) is 0 Å². The summed E-state index contributed by atoms with van der Waals surface area (Å²) < 4.78 is 1.88. The lowest BCUT2D eigenvalue weighted by molar-refractivity contribution is 0.102. The Bertz CT molecular complexity index is 839. The summed E-state index contributed by atoms with van der Waals surface area (Å²) in [5.74, 6) is 0.985.